The lowest BCUT2D eigenvalue weighted by Gasteiger charge is -2.11. The molecule has 0 aliphatic carbocycles. The van der Waals surface area contributed by atoms with Gasteiger partial charge in [-0.1, -0.05) is 0 Å². The second kappa shape index (κ2) is 4.13. The van der Waals surface area contributed by atoms with Crippen molar-refractivity contribution in [2.45, 2.75) is 18.9 Å². The first-order valence-corrected chi connectivity index (χ1v) is 5.68. The molecule has 94 valence electrons. The summed E-state index contributed by atoms with van der Waals surface area (Å²) < 4.78 is 1.32. The average molecular weight is 248 g/mol. The topological polar surface area (TPSA) is 104 Å². The van der Waals surface area contributed by atoms with E-state index in [2.05, 4.69) is 25.8 Å². The summed E-state index contributed by atoms with van der Waals surface area (Å²) in [5, 5.41) is 12.2. The molecule has 0 radical (unpaired) electrons. The SMILES string of the molecule is O=C1CCC(CNc2cc3n[nH]c(=O)n3cn2)N1. The highest BCUT2D eigenvalue weighted by Crippen LogP contribution is 2.09. The molecule has 1 aliphatic heterocycles. The van der Waals surface area contributed by atoms with Gasteiger partial charge in [0, 0.05) is 25.1 Å². The summed E-state index contributed by atoms with van der Waals surface area (Å²) in [5.41, 5.74) is 0.195. The molecule has 0 spiro atoms. The van der Waals surface area contributed by atoms with Gasteiger partial charge < -0.3 is 10.6 Å². The monoisotopic (exact) mass is 248 g/mol. The third-order valence-electron chi connectivity index (χ3n) is 2.92. The summed E-state index contributed by atoms with van der Waals surface area (Å²) >= 11 is 0. The number of rotatable bonds is 3. The van der Waals surface area contributed by atoms with Gasteiger partial charge in [0.2, 0.25) is 5.91 Å². The number of carbonyl (C=O) groups is 1. The number of hydrogen-bond donors (Lipinski definition) is 3. The van der Waals surface area contributed by atoms with Gasteiger partial charge in [-0.3, -0.25) is 4.79 Å². The number of anilines is 1. The molecule has 1 atom stereocenters. The quantitative estimate of drug-likeness (QED) is 0.653. The third kappa shape index (κ3) is 1.92. The van der Waals surface area contributed by atoms with Crippen molar-refractivity contribution in [3.8, 4) is 0 Å². The minimum absolute atomic E-state index is 0.0871. The van der Waals surface area contributed by atoms with E-state index in [0.717, 1.165) is 6.42 Å². The van der Waals surface area contributed by atoms with Gasteiger partial charge in [-0.25, -0.2) is 19.3 Å². The average Bonchev–Trinajstić information content (AvgIpc) is 2.94. The molecule has 0 saturated carbocycles. The van der Waals surface area contributed by atoms with Gasteiger partial charge in [0.25, 0.3) is 0 Å². The molecule has 0 bridgehead atoms. The number of hydrogen-bond acceptors (Lipinski definition) is 5. The van der Waals surface area contributed by atoms with Crippen molar-refractivity contribution in [1.82, 2.24) is 24.9 Å². The molecule has 1 saturated heterocycles. The second-order valence-electron chi connectivity index (χ2n) is 4.22. The van der Waals surface area contributed by atoms with Crippen molar-refractivity contribution < 1.29 is 4.79 Å². The van der Waals surface area contributed by atoms with Gasteiger partial charge in [-0.05, 0) is 6.42 Å². The van der Waals surface area contributed by atoms with Crippen molar-refractivity contribution in [1.29, 1.82) is 0 Å². The molecule has 1 aliphatic rings. The van der Waals surface area contributed by atoms with E-state index < -0.39 is 0 Å². The zero-order chi connectivity index (χ0) is 12.5. The maximum atomic E-state index is 11.2. The Morgan fingerprint density at radius 3 is 3.17 bits per heavy atom. The lowest BCUT2D eigenvalue weighted by molar-refractivity contribution is -0.119. The van der Waals surface area contributed by atoms with Crippen LogP contribution >= 0.6 is 0 Å². The minimum Gasteiger partial charge on any atom is -0.368 e. The van der Waals surface area contributed by atoms with Gasteiger partial charge >= 0.3 is 5.69 Å². The summed E-state index contributed by atoms with van der Waals surface area (Å²) in [5.74, 6) is 0.715. The van der Waals surface area contributed by atoms with E-state index in [1.165, 1.54) is 10.7 Å². The highest BCUT2D eigenvalue weighted by molar-refractivity contribution is 5.78. The Morgan fingerprint density at radius 2 is 2.39 bits per heavy atom. The molecule has 3 N–H and O–H groups in total. The lowest BCUT2D eigenvalue weighted by atomic mass is 10.2. The Morgan fingerprint density at radius 1 is 1.50 bits per heavy atom. The van der Waals surface area contributed by atoms with Crippen LogP contribution in [0.2, 0.25) is 0 Å². The molecule has 2 aromatic rings. The number of carbonyl (C=O) groups excluding carboxylic acids is 1. The van der Waals surface area contributed by atoms with Gasteiger partial charge in [-0.2, -0.15) is 5.10 Å². The van der Waals surface area contributed by atoms with E-state index in [1.54, 1.807) is 6.07 Å². The first kappa shape index (κ1) is 10.8. The van der Waals surface area contributed by atoms with Crippen LogP contribution in [0.5, 0.6) is 0 Å². The van der Waals surface area contributed by atoms with E-state index in [9.17, 15) is 9.59 Å². The Kier molecular flexibility index (Phi) is 2.47. The van der Waals surface area contributed by atoms with Crippen LogP contribution in [-0.2, 0) is 4.79 Å². The molecule has 18 heavy (non-hydrogen) atoms. The lowest BCUT2D eigenvalue weighted by Crippen LogP contribution is -2.32. The van der Waals surface area contributed by atoms with Crippen molar-refractivity contribution in [3.63, 3.8) is 0 Å². The van der Waals surface area contributed by atoms with Gasteiger partial charge in [0.15, 0.2) is 5.65 Å². The standard InChI is InChI=1S/C10H12N6O2/c17-9-2-1-6(13-9)4-11-7-3-8-14-15-10(18)16(8)5-12-7/h3,5-6,11H,1-2,4H2,(H,13,17)(H,15,18). The van der Waals surface area contributed by atoms with Crippen molar-refractivity contribution in [2.75, 3.05) is 11.9 Å². The summed E-state index contributed by atoms with van der Waals surface area (Å²) in [4.78, 5) is 26.4. The Balaban J connectivity index is 1.71. The zero-order valence-corrected chi connectivity index (χ0v) is 9.51. The zero-order valence-electron chi connectivity index (χ0n) is 9.51. The van der Waals surface area contributed by atoms with Crippen LogP contribution in [0.15, 0.2) is 17.2 Å². The van der Waals surface area contributed by atoms with Crippen LogP contribution in [0.1, 0.15) is 12.8 Å². The summed E-state index contributed by atoms with van der Waals surface area (Å²) in [6, 6.07) is 1.81. The van der Waals surface area contributed by atoms with Crippen molar-refractivity contribution in [3.05, 3.63) is 22.9 Å². The second-order valence-corrected chi connectivity index (χ2v) is 4.22. The molecule has 0 aromatic carbocycles. The number of amides is 1. The fraction of sp³-hybridized carbons (Fsp3) is 0.400. The maximum Gasteiger partial charge on any atom is 0.348 e. The fourth-order valence-electron chi connectivity index (χ4n) is 1.96. The predicted molar refractivity (Wildman–Crippen MR) is 63.3 cm³/mol. The number of nitrogens with one attached hydrogen (secondary N) is 3. The number of fused-ring (bicyclic) bond motifs is 1. The van der Waals surface area contributed by atoms with Gasteiger partial charge in [-0.15, -0.1) is 0 Å². The number of aromatic amines is 1. The van der Waals surface area contributed by atoms with E-state index in [0.29, 0.717) is 24.4 Å². The summed E-state index contributed by atoms with van der Waals surface area (Å²) in [7, 11) is 0. The predicted octanol–water partition coefficient (Wildman–Crippen LogP) is -0.892. The van der Waals surface area contributed by atoms with Crippen LogP contribution < -0.4 is 16.3 Å². The van der Waals surface area contributed by atoms with Crippen LogP contribution in [0.25, 0.3) is 5.65 Å². The molecule has 8 nitrogen and oxygen atoms in total. The van der Waals surface area contributed by atoms with Gasteiger partial charge in [0.1, 0.15) is 12.1 Å². The van der Waals surface area contributed by atoms with Crippen molar-refractivity contribution in [2.24, 2.45) is 0 Å². The van der Waals surface area contributed by atoms with Crippen LogP contribution in [-0.4, -0.2) is 38.1 Å². The van der Waals surface area contributed by atoms with E-state index >= 15 is 0 Å². The summed E-state index contributed by atoms with van der Waals surface area (Å²) in [6.07, 6.45) is 2.82. The molecule has 2 aromatic heterocycles. The van der Waals surface area contributed by atoms with E-state index in [4.69, 9.17) is 0 Å². The minimum atomic E-state index is -0.313. The van der Waals surface area contributed by atoms with E-state index in [1.807, 2.05) is 0 Å². The molecule has 1 unspecified atom stereocenters. The Labute approximate surface area is 101 Å². The van der Waals surface area contributed by atoms with Crippen LogP contribution in [0, 0.1) is 0 Å². The number of aromatic nitrogens is 4. The maximum absolute atomic E-state index is 11.2. The van der Waals surface area contributed by atoms with Crippen molar-refractivity contribution >= 4 is 17.4 Å². The molecular weight excluding hydrogens is 236 g/mol. The highest BCUT2D eigenvalue weighted by atomic mass is 16.2. The Hall–Kier alpha value is -2.38. The smallest absolute Gasteiger partial charge is 0.348 e. The first-order chi connectivity index (χ1) is 8.72. The van der Waals surface area contributed by atoms with Crippen LogP contribution in [0.3, 0.4) is 0 Å². The molecule has 8 heteroatoms. The Bertz CT molecular complexity index is 645. The first-order valence-electron chi connectivity index (χ1n) is 5.68. The molecular formula is C10H12N6O2. The number of nitrogens with zero attached hydrogens (tertiary/aromatic N) is 3. The fourth-order valence-corrected chi connectivity index (χ4v) is 1.96. The van der Waals surface area contributed by atoms with Crippen LogP contribution in [0.4, 0.5) is 5.82 Å². The highest BCUT2D eigenvalue weighted by Gasteiger charge is 2.20. The molecule has 1 fully saturated rings. The largest absolute Gasteiger partial charge is 0.368 e. The summed E-state index contributed by atoms with van der Waals surface area (Å²) in [6.45, 7) is 0.615. The van der Waals surface area contributed by atoms with E-state index in [-0.39, 0.29) is 17.6 Å². The third-order valence-corrected chi connectivity index (χ3v) is 2.92. The number of H-pyrrole nitrogens is 1. The molecule has 3 rings (SSSR count). The normalized spacial score (nSPS) is 19.1. The molecule has 3 heterocycles. The van der Waals surface area contributed by atoms with Gasteiger partial charge in [0.05, 0.1) is 0 Å². The molecule has 1 amide bonds.